The van der Waals surface area contributed by atoms with Gasteiger partial charge < -0.3 is 10.2 Å². The summed E-state index contributed by atoms with van der Waals surface area (Å²) in [6.07, 6.45) is 1.50. The Bertz CT molecular complexity index is 1100. The summed E-state index contributed by atoms with van der Waals surface area (Å²) in [5.74, 6) is -0.680. The molecule has 2 rings (SSSR count). The molecule has 0 unspecified atom stereocenters. The molecule has 2 amide bonds. The molecular weight excluding hydrogens is 438 g/mol. The lowest BCUT2D eigenvalue weighted by Gasteiger charge is -2.33. The number of rotatable bonds is 10. The van der Waals surface area contributed by atoms with Crippen LogP contribution in [-0.2, 0) is 26.2 Å². The van der Waals surface area contributed by atoms with Crippen molar-refractivity contribution in [1.82, 2.24) is 10.2 Å². The van der Waals surface area contributed by atoms with Crippen molar-refractivity contribution >= 4 is 27.5 Å². The Labute approximate surface area is 197 Å². The van der Waals surface area contributed by atoms with Gasteiger partial charge in [-0.2, -0.15) is 0 Å². The molecule has 0 spiro atoms. The summed E-state index contributed by atoms with van der Waals surface area (Å²) in [5, 5.41) is 2.80. The van der Waals surface area contributed by atoms with Gasteiger partial charge in [0.25, 0.3) is 0 Å². The minimum atomic E-state index is -3.74. The first kappa shape index (κ1) is 26.4. The SMILES string of the molecule is CCNC(=O)[C@@H](CC)N(Cc1ccccc1C)C(=O)CN(c1ccc(C)cc1C)S(C)(=O)=O. The van der Waals surface area contributed by atoms with Gasteiger partial charge in [0.15, 0.2) is 0 Å². The molecule has 180 valence electrons. The van der Waals surface area contributed by atoms with Crippen LogP contribution in [0.4, 0.5) is 5.69 Å². The number of anilines is 1. The summed E-state index contributed by atoms with van der Waals surface area (Å²) in [5.41, 5.74) is 4.12. The molecule has 0 heterocycles. The number of carbonyl (C=O) groups excluding carboxylic acids is 2. The summed E-state index contributed by atoms with van der Waals surface area (Å²) >= 11 is 0. The minimum Gasteiger partial charge on any atom is -0.355 e. The molecule has 7 nitrogen and oxygen atoms in total. The number of benzene rings is 2. The Morgan fingerprint density at radius 1 is 1.00 bits per heavy atom. The fourth-order valence-electron chi connectivity index (χ4n) is 3.86. The van der Waals surface area contributed by atoms with Crippen LogP contribution in [0.15, 0.2) is 42.5 Å². The third-order valence-corrected chi connectivity index (χ3v) is 6.77. The van der Waals surface area contributed by atoms with Gasteiger partial charge >= 0.3 is 0 Å². The quantitative estimate of drug-likeness (QED) is 0.574. The average Bonchev–Trinajstić information content (AvgIpc) is 2.73. The summed E-state index contributed by atoms with van der Waals surface area (Å²) in [4.78, 5) is 27.9. The summed E-state index contributed by atoms with van der Waals surface area (Å²) in [6, 6.07) is 12.4. The monoisotopic (exact) mass is 473 g/mol. The van der Waals surface area contributed by atoms with E-state index in [1.54, 1.807) is 6.07 Å². The van der Waals surface area contributed by atoms with Crippen LogP contribution in [0, 0.1) is 20.8 Å². The lowest BCUT2D eigenvalue weighted by molar-refractivity contribution is -0.140. The van der Waals surface area contributed by atoms with E-state index < -0.39 is 22.0 Å². The van der Waals surface area contributed by atoms with Crippen LogP contribution in [0.25, 0.3) is 0 Å². The molecular formula is C25H35N3O4S. The first-order valence-corrected chi connectivity index (χ1v) is 13.0. The van der Waals surface area contributed by atoms with Gasteiger partial charge in [0.1, 0.15) is 12.6 Å². The largest absolute Gasteiger partial charge is 0.355 e. The van der Waals surface area contributed by atoms with Crippen molar-refractivity contribution in [1.29, 1.82) is 0 Å². The molecule has 2 aromatic carbocycles. The molecule has 0 saturated carbocycles. The third-order valence-electron chi connectivity index (χ3n) is 5.64. The molecule has 0 bridgehead atoms. The van der Waals surface area contributed by atoms with Gasteiger partial charge in [0.2, 0.25) is 21.8 Å². The average molecular weight is 474 g/mol. The zero-order chi connectivity index (χ0) is 24.8. The number of sulfonamides is 1. The van der Waals surface area contributed by atoms with Crippen LogP contribution < -0.4 is 9.62 Å². The van der Waals surface area contributed by atoms with Crippen molar-refractivity contribution in [3.8, 4) is 0 Å². The number of hydrogen-bond donors (Lipinski definition) is 1. The molecule has 0 fully saturated rings. The topological polar surface area (TPSA) is 86.8 Å². The van der Waals surface area contributed by atoms with Crippen molar-refractivity contribution in [2.45, 2.75) is 53.6 Å². The summed E-state index contributed by atoms with van der Waals surface area (Å²) in [6.45, 7) is 9.63. The normalized spacial score (nSPS) is 12.2. The fourth-order valence-corrected chi connectivity index (χ4v) is 4.77. The maximum atomic E-state index is 13.6. The van der Waals surface area contributed by atoms with Crippen molar-refractivity contribution in [2.24, 2.45) is 0 Å². The molecule has 33 heavy (non-hydrogen) atoms. The van der Waals surface area contributed by atoms with Gasteiger partial charge in [-0.15, -0.1) is 0 Å². The fraction of sp³-hybridized carbons (Fsp3) is 0.440. The van der Waals surface area contributed by atoms with Crippen LogP contribution in [0.2, 0.25) is 0 Å². The summed E-state index contributed by atoms with van der Waals surface area (Å²) < 4.78 is 26.5. The first-order chi connectivity index (χ1) is 15.5. The minimum absolute atomic E-state index is 0.214. The number of likely N-dealkylation sites (N-methyl/N-ethyl adjacent to an activating group) is 1. The maximum absolute atomic E-state index is 13.6. The van der Waals surface area contributed by atoms with Crippen LogP contribution in [-0.4, -0.2) is 50.5 Å². The van der Waals surface area contributed by atoms with Gasteiger partial charge in [-0.25, -0.2) is 8.42 Å². The molecule has 0 radical (unpaired) electrons. The Hall–Kier alpha value is -2.87. The zero-order valence-electron chi connectivity index (χ0n) is 20.4. The van der Waals surface area contributed by atoms with Gasteiger partial charge in [-0.3, -0.25) is 13.9 Å². The van der Waals surface area contributed by atoms with Crippen LogP contribution in [0.5, 0.6) is 0 Å². The van der Waals surface area contributed by atoms with Crippen molar-refractivity contribution < 1.29 is 18.0 Å². The highest BCUT2D eigenvalue weighted by Crippen LogP contribution is 2.24. The van der Waals surface area contributed by atoms with Crippen molar-refractivity contribution in [3.05, 3.63) is 64.7 Å². The van der Waals surface area contributed by atoms with E-state index in [4.69, 9.17) is 0 Å². The van der Waals surface area contributed by atoms with E-state index in [-0.39, 0.29) is 19.0 Å². The molecule has 0 aliphatic rings. The van der Waals surface area contributed by atoms with E-state index in [0.29, 0.717) is 18.7 Å². The van der Waals surface area contributed by atoms with Gasteiger partial charge in [0.05, 0.1) is 11.9 Å². The highest BCUT2D eigenvalue weighted by molar-refractivity contribution is 7.92. The molecule has 0 saturated heterocycles. The first-order valence-electron chi connectivity index (χ1n) is 11.2. The number of nitrogens with one attached hydrogen (secondary N) is 1. The predicted molar refractivity (Wildman–Crippen MR) is 133 cm³/mol. The number of carbonyl (C=O) groups is 2. The molecule has 0 aromatic heterocycles. The second-order valence-electron chi connectivity index (χ2n) is 8.33. The Kier molecular flexibility index (Phi) is 9.05. The zero-order valence-corrected chi connectivity index (χ0v) is 21.2. The third kappa shape index (κ3) is 6.81. The standard InChI is InChI=1S/C25H35N3O4S/c1-7-22(25(30)26-8-2)27(16-21-12-10-9-11-19(21)4)24(29)17-28(33(6,31)32)23-14-13-18(3)15-20(23)5/h9-15,22H,7-8,16-17H2,1-6H3,(H,26,30)/t22-/m1/s1. The van der Waals surface area contributed by atoms with Gasteiger partial charge in [-0.1, -0.05) is 48.9 Å². The second kappa shape index (κ2) is 11.3. The van der Waals surface area contributed by atoms with E-state index in [9.17, 15) is 18.0 Å². The molecule has 2 aromatic rings. The summed E-state index contributed by atoms with van der Waals surface area (Å²) in [7, 11) is -3.74. The van der Waals surface area contributed by atoms with Gasteiger partial charge in [0, 0.05) is 13.1 Å². The van der Waals surface area contributed by atoms with E-state index in [0.717, 1.165) is 32.8 Å². The lowest BCUT2D eigenvalue weighted by atomic mass is 10.1. The highest BCUT2D eigenvalue weighted by atomic mass is 32.2. The Balaban J connectivity index is 2.48. The molecule has 0 aliphatic carbocycles. The molecule has 1 atom stereocenters. The van der Waals surface area contributed by atoms with Crippen LogP contribution in [0.3, 0.4) is 0 Å². The highest BCUT2D eigenvalue weighted by Gasteiger charge is 2.32. The smallest absolute Gasteiger partial charge is 0.244 e. The Morgan fingerprint density at radius 3 is 2.21 bits per heavy atom. The van der Waals surface area contributed by atoms with E-state index in [1.807, 2.05) is 71.0 Å². The van der Waals surface area contributed by atoms with E-state index in [1.165, 1.54) is 4.90 Å². The van der Waals surface area contributed by atoms with Crippen molar-refractivity contribution in [3.63, 3.8) is 0 Å². The number of hydrogen-bond acceptors (Lipinski definition) is 4. The van der Waals surface area contributed by atoms with E-state index in [2.05, 4.69) is 5.32 Å². The molecule has 8 heteroatoms. The predicted octanol–water partition coefficient (Wildman–Crippen LogP) is 3.32. The molecule has 0 aliphatic heterocycles. The van der Waals surface area contributed by atoms with Gasteiger partial charge in [-0.05, 0) is 56.9 Å². The van der Waals surface area contributed by atoms with Crippen LogP contribution >= 0.6 is 0 Å². The molecule has 1 N–H and O–H groups in total. The lowest BCUT2D eigenvalue weighted by Crippen LogP contribution is -2.52. The number of aryl methyl sites for hydroxylation is 3. The number of nitrogens with zero attached hydrogens (tertiary/aromatic N) is 2. The second-order valence-corrected chi connectivity index (χ2v) is 10.2. The van der Waals surface area contributed by atoms with E-state index >= 15 is 0 Å². The van der Waals surface area contributed by atoms with Crippen LogP contribution in [0.1, 0.15) is 42.5 Å². The Morgan fingerprint density at radius 2 is 1.67 bits per heavy atom. The van der Waals surface area contributed by atoms with Crippen molar-refractivity contribution in [2.75, 3.05) is 23.7 Å². The number of amides is 2. The maximum Gasteiger partial charge on any atom is 0.244 e.